The van der Waals surface area contributed by atoms with Crippen LogP contribution >= 0.6 is 11.3 Å². The Morgan fingerprint density at radius 1 is 1.32 bits per heavy atom. The quantitative estimate of drug-likeness (QED) is 0.454. The number of rotatable bonds is 4. The molecule has 0 atom stereocenters. The van der Waals surface area contributed by atoms with Crippen molar-refractivity contribution in [2.45, 2.75) is 0 Å². The van der Waals surface area contributed by atoms with Crippen molar-refractivity contribution in [3.8, 4) is 0 Å². The highest BCUT2D eigenvalue weighted by atomic mass is 32.1. The van der Waals surface area contributed by atoms with Gasteiger partial charge in [-0.3, -0.25) is 14.9 Å². The minimum absolute atomic E-state index is 0.0186. The van der Waals surface area contributed by atoms with Gasteiger partial charge in [0.05, 0.1) is 16.0 Å². The molecular formula is C14H9N3O4S. The number of furan rings is 1. The predicted molar refractivity (Wildman–Crippen MR) is 82.2 cm³/mol. The zero-order chi connectivity index (χ0) is 15.5. The number of hydrogen-bond donors (Lipinski definition) is 1. The molecule has 1 aromatic carbocycles. The lowest BCUT2D eigenvalue weighted by Gasteiger charge is -1.93. The monoisotopic (exact) mass is 315 g/mol. The van der Waals surface area contributed by atoms with Crippen molar-refractivity contribution in [1.29, 1.82) is 0 Å². The third kappa shape index (κ3) is 2.86. The molecule has 0 spiro atoms. The number of benzene rings is 1. The molecule has 0 fully saturated rings. The van der Waals surface area contributed by atoms with E-state index in [1.165, 1.54) is 12.3 Å². The Bertz CT molecular complexity index is 848. The Morgan fingerprint density at radius 2 is 2.14 bits per heavy atom. The smallest absolute Gasteiger partial charge is 0.324 e. The number of hydrogen-bond acceptors (Lipinski definition) is 6. The maximum absolute atomic E-state index is 11.9. The Balaban J connectivity index is 1.68. The van der Waals surface area contributed by atoms with Gasteiger partial charge in [0.25, 0.3) is 0 Å². The van der Waals surface area contributed by atoms with E-state index in [-0.39, 0.29) is 10.8 Å². The van der Waals surface area contributed by atoms with Crippen molar-refractivity contribution in [2.24, 2.45) is 5.10 Å². The van der Waals surface area contributed by atoms with E-state index in [1.807, 2.05) is 18.2 Å². The summed E-state index contributed by atoms with van der Waals surface area (Å²) in [7, 11) is 0. The van der Waals surface area contributed by atoms with E-state index >= 15 is 0 Å². The summed E-state index contributed by atoms with van der Waals surface area (Å²) in [5, 5.41) is 15.2. The van der Waals surface area contributed by atoms with E-state index in [9.17, 15) is 14.9 Å². The number of carbonyl (C=O) groups excluding carboxylic acids is 1. The third-order valence-corrected chi connectivity index (χ3v) is 3.77. The molecule has 0 aliphatic heterocycles. The largest absolute Gasteiger partial charge is 0.451 e. The van der Waals surface area contributed by atoms with Gasteiger partial charge in [-0.15, -0.1) is 0 Å². The fraction of sp³-hybridized carbons (Fsp3) is 0. The van der Waals surface area contributed by atoms with E-state index < -0.39 is 10.8 Å². The summed E-state index contributed by atoms with van der Waals surface area (Å²) in [6, 6.07) is 11.8. The molecule has 2 aromatic heterocycles. The molecule has 0 bridgehead atoms. The highest BCUT2D eigenvalue weighted by Crippen LogP contribution is 2.22. The number of para-hydroxylation sites is 1. The molecule has 0 aliphatic carbocycles. The van der Waals surface area contributed by atoms with Crippen LogP contribution in [0.2, 0.25) is 0 Å². The Kier molecular flexibility index (Phi) is 3.67. The van der Waals surface area contributed by atoms with Crippen LogP contribution in [-0.4, -0.2) is 17.0 Å². The number of amides is 1. The van der Waals surface area contributed by atoms with Gasteiger partial charge in [0.1, 0.15) is 5.58 Å². The summed E-state index contributed by atoms with van der Waals surface area (Å²) < 4.78 is 5.40. The summed E-state index contributed by atoms with van der Waals surface area (Å²) in [5.41, 5.74) is 2.94. The Hall–Kier alpha value is -3.00. The molecule has 7 nitrogen and oxygen atoms in total. The summed E-state index contributed by atoms with van der Waals surface area (Å²) >= 11 is 0.969. The molecular weight excluding hydrogens is 306 g/mol. The molecule has 3 aromatic rings. The number of nitrogens with one attached hydrogen (secondary N) is 1. The van der Waals surface area contributed by atoms with E-state index in [0.29, 0.717) is 10.5 Å². The van der Waals surface area contributed by atoms with E-state index in [2.05, 4.69) is 10.5 Å². The van der Waals surface area contributed by atoms with Gasteiger partial charge in [-0.25, -0.2) is 5.43 Å². The fourth-order valence-electron chi connectivity index (χ4n) is 1.81. The molecule has 110 valence electrons. The van der Waals surface area contributed by atoms with Crippen LogP contribution in [0.1, 0.15) is 15.4 Å². The number of thiophene rings is 1. The van der Waals surface area contributed by atoms with Crippen LogP contribution in [-0.2, 0) is 0 Å². The van der Waals surface area contributed by atoms with E-state index in [1.54, 1.807) is 18.2 Å². The lowest BCUT2D eigenvalue weighted by atomic mass is 10.2. The predicted octanol–water partition coefficient (Wildman–Crippen LogP) is 3.17. The zero-order valence-corrected chi connectivity index (χ0v) is 11.9. The average molecular weight is 315 g/mol. The molecule has 0 aliphatic rings. The number of carbonyl (C=O) groups is 1. The van der Waals surface area contributed by atoms with Crippen molar-refractivity contribution in [1.82, 2.24) is 5.43 Å². The molecule has 8 heteroatoms. The van der Waals surface area contributed by atoms with Gasteiger partial charge in [0, 0.05) is 11.5 Å². The van der Waals surface area contributed by atoms with E-state index in [4.69, 9.17) is 4.42 Å². The molecule has 1 N–H and O–H groups in total. The number of nitrogens with zero attached hydrogens (tertiary/aromatic N) is 2. The van der Waals surface area contributed by atoms with Crippen molar-refractivity contribution in [2.75, 3.05) is 0 Å². The van der Waals surface area contributed by atoms with Crippen molar-refractivity contribution in [3.05, 3.63) is 63.2 Å². The van der Waals surface area contributed by atoms with Crippen molar-refractivity contribution < 1.29 is 14.1 Å². The van der Waals surface area contributed by atoms with Crippen LogP contribution in [0.5, 0.6) is 0 Å². The van der Waals surface area contributed by atoms with Crippen molar-refractivity contribution >= 4 is 39.4 Å². The second kappa shape index (κ2) is 5.78. The van der Waals surface area contributed by atoms with Crippen LogP contribution in [0.3, 0.4) is 0 Å². The van der Waals surface area contributed by atoms with Gasteiger partial charge in [-0.2, -0.15) is 5.10 Å². The molecule has 3 rings (SSSR count). The highest BCUT2D eigenvalue weighted by Gasteiger charge is 2.11. The van der Waals surface area contributed by atoms with Gasteiger partial charge in [-0.1, -0.05) is 29.5 Å². The number of nitro groups is 1. The maximum atomic E-state index is 11.9. The molecule has 2 heterocycles. The lowest BCUT2D eigenvalue weighted by molar-refractivity contribution is -0.380. The summed E-state index contributed by atoms with van der Waals surface area (Å²) in [5.74, 6) is -0.339. The minimum Gasteiger partial charge on any atom is -0.451 e. The van der Waals surface area contributed by atoms with Gasteiger partial charge in [0.2, 0.25) is 0 Å². The minimum atomic E-state index is -0.487. The summed E-state index contributed by atoms with van der Waals surface area (Å²) in [6.45, 7) is 0. The molecule has 22 heavy (non-hydrogen) atoms. The summed E-state index contributed by atoms with van der Waals surface area (Å²) in [4.78, 5) is 22.5. The second-order valence-electron chi connectivity index (χ2n) is 4.28. The van der Waals surface area contributed by atoms with Gasteiger partial charge >= 0.3 is 10.9 Å². The topological polar surface area (TPSA) is 97.7 Å². The molecule has 1 amide bonds. The molecule has 0 saturated heterocycles. The van der Waals surface area contributed by atoms with Crippen LogP contribution < -0.4 is 5.43 Å². The first-order chi connectivity index (χ1) is 10.6. The van der Waals surface area contributed by atoms with Crippen molar-refractivity contribution in [3.63, 3.8) is 0 Å². The van der Waals surface area contributed by atoms with E-state index in [0.717, 1.165) is 16.7 Å². The summed E-state index contributed by atoms with van der Waals surface area (Å²) in [6.07, 6.45) is 1.35. The first-order valence-corrected chi connectivity index (χ1v) is 7.01. The van der Waals surface area contributed by atoms with Crippen LogP contribution in [0.25, 0.3) is 11.0 Å². The lowest BCUT2D eigenvalue weighted by Crippen LogP contribution is -2.16. The Morgan fingerprint density at radius 3 is 2.86 bits per heavy atom. The Labute approximate surface area is 128 Å². The van der Waals surface area contributed by atoms with Crippen LogP contribution in [0.15, 0.2) is 52.0 Å². The van der Waals surface area contributed by atoms with Gasteiger partial charge < -0.3 is 4.42 Å². The first kappa shape index (κ1) is 14.0. The molecule has 0 unspecified atom stereocenters. The van der Waals surface area contributed by atoms with Gasteiger partial charge in [0.15, 0.2) is 5.76 Å². The number of fused-ring (bicyclic) bond motifs is 1. The third-order valence-electron chi connectivity index (χ3n) is 2.80. The number of hydrazone groups is 1. The van der Waals surface area contributed by atoms with Crippen LogP contribution in [0, 0.1) is 10.1 Å². The first-order valence-electron chi connectivity index (χ1n) is 6.20. The fourth-order valence-corrected chi connectivity index (χ4v) is 2.51. The molecule has 0 saturated carbocycles. The SMILES string of the molecule is O=C(NN=Cc1ccc([N+](=O)[O-])s1)c1cc2ccccc2o1. The second-order valence-corrected chi connectivity index (χ2v) is 5.37. The standard InChI is InChI=1S/C14H9N3O4S/c18-14(12-7-9-3-1-2-4-11(9)21-12)16-15-8-10-5-6-13(22-10)17(19)20/h1-8H,(H,16,18). The van der Waals surface area contributed by atoms with Gasteiger partial charge in [-0.05, 0) is 18.2 Å². The maximum Gasteiger partial charge on any atom is 0.324 e. The molecule has 0 radical (unpaired) electrons. The average Bonchev–Trinajstić information content (AvgIpc) is 3.13. The highest BCUT2D eigenvalue weighted by molar-refractivity contribution is 7.16. The van der Waals surface area contributed by atoms with Crippen LogP contribution in [0.4, 0.5) is 5.00 Å². The zero-order valence-electron chi connectivity index (χ0n) is 11.1. The normalized spacial score (nSPS) is 11.1.